The SMILES string of the molecule is C[C@]12CC[C@H]3[C@@H](CC[C@]4(O)C[C@@H](O[C@@H]5O[C@H]([C@H](O)CO)[C@@H](O)[C@H]5O)CC[C@]34C=O)[C@@]1(O)CC[C@@H]2C1=CC(=O)OC1. The Morgan fingerprint density at radius 1 is 1.07 bits per heavy atom. The average Bonchev–Trinajstić information content (AvgIpc) is 3.57. The minimum absolute atomic E-state index is 0.0309. The zero-order valence-corrected chi connectivity index (χ0v) is 22.9. The Hall–Kier alpha value is -1.44. The fourth-order valence-electron chi connectivity index (χ4n) is 9.83. The van der Waals surface area contributed by atoms with Crippen LogP contribution in [0.25, 0.3) is 0 Å². The molecule has 13 atom stereocenters. The summed E-state index contributed by atoms with van der Waals surface area (Å²) < 4.78 is 16.7. The molecule has 2 aliphatic heterocycles. The molecule has 0 aromatic heterocycles. The van der Waals surface area contributed by atoms with Gasteiger partial charge in [-0.3, -0.25) is 0 Å². The standard InChI is InChI=1S/C29H42O11/c1-26-6-3-18-19(29(26,37)9-5-17(26)15-10-21(33)38-13-15)4-8-28(36)11-16(2-7-27(18,28)14-31)39-25-23(35)22(34)24(40-25)20(32)12-30/h10,14,16-20,22-25,30,32,34-37H,2-9,11-13H2,1H3/t16-,17+,18-,19+,20+,22-,23+,24+,25+,26+,27-,28-,29-/m0/s1. The number of aliphatic hydroxyl groups excluding tert-OH is 4. The molecular formula is C29H42O11. The van der Waals surface area contributed by atoms with Crippen molar-refractivity contribution in [2.75, 3.05) is 13.2 Å². The van der Waals surface area contributed by atoms with Crippen molar-refractivity contribution in [3.8, 4) is 0 Å². The number of carbonyl (C=O) groups excluding carboxylic acids is 2. The highest BCUT2D eigenvalue weighted by atomic mass is 16.7. The number of esters is 1. The average molecular weight is 567 g/mol. The van der Waals surface area contributed by atoms with E-state index in [0.717, 1.165) is 18.3 Å². The van der Waals surface area contributed by atoms with Crippen LogP contribution in [0.2, 0.25) is 0 Å². The molecule has 0 spiro atoms. The number of cyclic esters (lactones) is 1. The molecule has 5 fully saturated rings. The smallest absolute Gasteiger partial charge is 0.331 e. The summed E-state index contributed by atoms with van der Waals surface area (Å²) in [5.74, 6) is -0.692. The zero-order valence-electron chi connectivity index (χ0n) is 22.9. The molecule has 0 unspecified atom stereocenters. The number of ether oxygens (including phenoxy) is 3. The van der Waals surface area contributed by atoms with Gasteiger partial charge in [-0.2, -0.15) is 0 Å². The molecule has 4 saturated carbocycles. The predicted molar refractivity (Wildman–Crippen MR) is 136 cm³/mol. The molecule has 40 heavy (non-hydrogen) atoms. The van der Waals surface area contributed by atoms with Gasteiger partial charge in [-0.1, -0.05) is 6.92 Å². The molecule has 224 valence electrons. The van der Waals surface area contributed by atoms with Crippen LogP contribution in [0.4, 0.5) is 0 Å². The Morgan fingerprint density at radius 3 is 2.50 bits per heavy atom. The van der Waals surface area contributed by atoms with Crippen molar-refractivity contribution >= 4 is 12.3 Å². The first-order chi connectivity index (χ1) is 18.9. The van der Waals surface area contributed by atoms with E-state index in [4.69, 9.17) is 14.2 Å². The minimum atomic E-state index is -1.44. The Bertz CT molecular complexity index is 1060. The van der Waals surface area contributed by atoms with Crippen LogP contribution in [0.1, 0.15) is 64.7 Å². The van der Waals surface area contributed by atoms with Crippen molar-refractivity contribution in [1.29, 1.82) is 0 Å². The minimum Gasteiger partial charge on any atom is -0.458 e. The van der Waals surface area contributed by atoms with Crippen LogP contribution in [0, 0.1) is 28.6 Å². The molecule has 6 N–H and O–H groups in total. The van der Waals surface area contributed by atoms with Crippen LogP contribution in [0.15, 0.2) is 11.6 Å². The van der Waals surface area contributed by atoms with Crippen LogP contribution >= 0.6 is 0 Å². The van der Waals surface area contributed by atoms with Gasteiger partial charge >= 0.3 is 5.97 Å². The van der Waals surface area contributed by atoms with Crippen LogP contribution in [-0.2, 0) is 23.8 Å². The molecule has 1 saturated heterocycles. The normalized spacial score (nSPS) is 52.8. The summed E-state index contributed by atoms with van der Waals surface area (Å²) in [6, 6.07) is 0. The number of carbonyl (C=O) groups is 2. The van der Waals surface area contributed by atoms with Gasteiger partial charge in [0.2, 0.25) is 0 Å². The molecule has 6 aliphatic rings. The van der Waals surface area contributed by atoms with E-state index in [9.17, 15) is 40.2 Å². The van der Waals surface area contributed by atoms with Crippen LogP contribution in [0.5, 0.6) is 0 Å². The molecule has 4 aliphatic carbocycles. The van der Waals surface area contributed by atoms with E-state index in [2.05, 4.69) is 6.92 Å². The monoisotopic (exact) mass is 566 g/mol. The van der Waals surface area contributed by atoms with Gasteiger partial charge in [-0.25, -0.2) is 4.79 Å². The number of fused-ring (bicyclic) bond motifs is 5. The van der Waals surface area contributed by atoms with Crippen molar-refractivity contribution in [3.05, 3.63) is 11.6 Å². The molecule has 11 heteroatoms. The first-order valence-electron chi connectivity index (χ1n) is 14.7. The predicted octanol–water partition coefficient (Wildman–Crippen LogP) is -0.278. The fourth-order valence-corrected chi connectivity index (χ4v) is 9.83. The van der Waals surface area contributed by atoms with Gasteiger partial charge in [0.05, 0.1) is 29.3 Å². The molecule has 0 bridgehead atoms. The number of hydrogen-bond donors (Lipinski definition) is 6. The van der Waals surface area contributed by atoms with Crippen molar-refractivity contribution in [3.63, 3.8) is 0 Å². The number of hydrogen-bond acceptors (Lipinski definition) is 11. The highest BCUT2D eigenvalue weighted by molar-refractivity contribution is 5.85. The lowest BCUT2D eigenvalue weighted by Gasteiger charge is -2.65. The highest BCUT2D eigenvalue weighted by Crippen LogP contribution is 2.70. The summed E-state index contributed by atoms with van der Waals surface area (Å²) in [6.45, 7) is 1.72. The molecule has 0 aromatic carbocycles. The van der Waals surface area contributed by atoms with Crippen molar-refractivity contribution in [2.45, 2.75) is 113 Å². The third-order valence-electron chi connectivity index (χ3n) is 12.0. The molecule has 0 aromatic rings. The summed E-state index contributed by atoms with van der Waals surface area (Å²) in [7, 11) is 0. The van der Waals surface area contributed by atoms with Crippen LogP contribution < -0.4 is 0 Å². The summed E-state index contributed by atoms with van der Waals surface area (Å²) in [5, 5.41) is 64.3. The maximum Gasteiger partial charge on any atom is 0.331 e. The quantitative estimate of drug-likeness (QED) is 0.184. The Labute approximate surface area is 233 Å². The lowest BCUT2D eigenvalue weighted by molar-refractivity contribution is -0.267. The lowest BCUT2D eigenvalue weighted by atomic mass is 9.41. The first kappa shape index (κ1) is 28.7. The third-order valence-corrected chi connectivity index (χ3v) is 12.0. The van der Waals surface area contributed by atoms with E-state index in [1.54, 1.807) is 6.08 Å². The molecular weight excluding hydrogens is 524 g/mol. The molecule has 11 nitrogen and oxygen atoms in total. The number of aliphatic hydroxyl groups is 6. The second-order valence-electron chi connectivity index (χ2n) is 13.4. The Morgan fingerprint density at radius 2 is 1.82 bits per heavy atom. The summed E-state index contributed by atoms with van der Waals surface area (Å²) in [4.78, 5) is 24.8. The van der Waals surface area contributed by atoms with E-state index < -0.39 is 65.4 Å². The number of rotatable bonds is 6. The topological polar surface area (TPSA) is 183 Å². The zero-order chi connectivity index (χ0) is 28.7. The second-order valence-corrected chi connectivity index (χ2v) is 13.4. The summed E-state index contributed by atoms with van der Waals surface area (Å²) in [6.07, 6.45) is -0.425. The van der Waals surface area contributed by atoms with Crippen molar-refractivity contribution in [2.24, 2.45) is 28.6 Å². The lowest BCUT2D eigenvalue weighted by Crippen LogP contribution is -2.69. The van der Waals surface area contributed by atoms with Gasteiger partial charge in [0.1, 0.15) is 37.3 Å². The van der Waals surface area contributed by atoms with Crippen molar-refractivity contribution in [1.82, 2.24) is 0 Å². The third kappa shape index (κ3) is 3.85. The highest BCUT2D eigenvalue weighted by Gasteiger charge is 2.71. The van der Waals surface area contributed by atoms with Crippen molar-refractivity contribution < 1.29 is 54.4 Å². The van der Waals surface area contributed by atoms with E-state index in [1.165, 1.54) is 0 Å². The summed E-state index contributed by atoms with van der Waals surface area (Å²) >= 11 is 0. The Kier molecular flexibility index (Phi) is 7.03. The number of aldehydes is 1. The largest absolute Gasteiger partial charge is 0.458 e. The van der Waals surface area contributed by atoms with Crippen LogP contribution in [-0.4, -0.2) is 104 Å². The Balaban J connectivity index is 1.21. The van der Waals surface area contributed by atoms with Gasteiger partial charge in [0, 0.05) is 17.9 Å². The van der Waals surface area contributed by atoms with Gasteiger partial charge < -0.3 is 49.6 Å². The van der Waals surface area contributed by atoms with E-state index in [1.807, 2.05) is 0 Å². The molecule has 0 amide bonds. The van der Waals surface area contributed by atoms with Gasteiger partial charge in [0.25, 0.3) is 0 Å². The second kappa shape index (κ2) is 9.80. The van der Waals surface area contributed by atoms with Crippen LogP contribution in [0.3, 0.4) is 0 Å². The molecule has 2 heterocycles. The van der Waals surface area contributed by atoms with E-state index >= 15 is 0 Å². The van der Waals surface area contributed by atoms with Gasteiger partial charge in [-0.15, -0.1) is 0 Å². The fraction of sp³-hybridized carbons (Fsp3) is 0.862. The molecule has 6 rings (SSSR count). The van der Waals surface area contributed by atoms with E-state index in [0.29, 0.717) is 44.9 Å². The van der Waals surface area contributed by atoms with Gasteiger partial charge in [0.15, 0.2) is 6.29 Å². The molecule has 0 radical (unpaired) electrons. The van der Waals surface area contributed by atoms with Gasteiger partial charge in [-0.05, 0) is 74.7 Å². The summed E-state index contributed by atoms with van der Waals surface area (Å²) in [5.41, 5.74) is -2.98. The van der Waals surface area contributed by atoms with E-state index in [-0.39, 0.29) is 36.8 Å². The first-order valence-corrected chi connectivity index (χ1v) is 14.7. The maximum atomic E-state index is 13.0. The maximum absolute atomic E-state index is 13.0.